The second-order valence-corrected chi connectivity index (χ2v) is 3.32. The van der Waals surface area contributed by atoms with E-state index in [-0.39, 0.29) is 0 Å². The Morgan fingerprint density at radius 1 is 1.50 bits per heavy atom. The molecule has 5 heteroatoms. The Labute approximate surface area is 83.9 Å². The number of nitrogens with zero attached hydrogens (tertiary/aromatic N) is 2. The molecule has 0 aromatic carbocycles. The molecule has 1 heterocycles. The van der Waals surface area contributed by atoms with E-state index in [1.165, 1.54) is 0 Å². The third-order valence-corrected chi connectivity index (χ3v) is 2.37. The van der Waals surface area contributed by atoms with E-state index >= 15 is 0 Å². The van der Waals surface area contributed by atoms with Gasteiger partial charge in [0, 0.05) is 7.11 Å². The highest BCUT2D eigenvalue weighted by Crippen LogP contribution is 2.26. The van der Waals surface area contributed by atoms with Gasteiger partial charge in [0.05, 0.1) is 6.54 Å². The predicted molar refractivity (Wildman–Crippen MR) is 51.7 cm³/mol. The zero-order valence-electron chi connectivity index (χ0n) is 9.13. The molecular formula is C9H17N3O2. The third-order valence-electron chi connectivity index (χ3n) is 2.37. The van der Waals surface area contributed by atoms with Crippen LogP contribution in [-0.2, 0) is 16.9 Å². The Kier molecular flexibility index (Phi) is 3.60. The lowest BCUT2D eigenvalue weighted by molar-refractivity contribution is -0.0242. The standard InChI is InChI=1S/C9H17N3O2/c1-5-9(2,13-4)8-12-11-7(14-8)6-10-3/h10H,5-6H2,1-4H3. The van der Waals surface area contributed by atoms with Gasteiger partial charge < -0.3 is 14.5 Å². The molecule has 5 nitrogen and oxygen atoms in total. The van der Waals surface area contributed by atoms with Crippen molar-refractivity contribution in [2.75, 3.05) is 14.2 Å². The molecule has 1 aromatic heterocycles. The van der Waals surface area contributed by atoms with E-state index in [1.807, 2.05) is 20.9 Å². The predicted octanol–water partition coefficient (Wildman–Crippen LogP) is 1.06. The average Bonchev–Trinajstić information content (AvgIpc) is 2.66. The van der Waals surface area contributed by atoms with Crippen molar-refractivity contribution in [3.05, 3.63) is 11.8 Å². The van der Waals surface area contributed by atoms with Crippen molar-refractivity contribution in [1.29, 1.82) is 0 Å². The maximum Gasteiger partial charge on any atom is 0.247 e. The largest absolute Gasteiger partial charge is 0.421 e. The fraction of sp³-hybridized carbons (Fsp3) is 0.778. The first kappa shape index (κ1) is 11.1. The van der Waals surface area contributed by atoms with Gasteiger partial charge in [0.15, 0.2) is 0 Å². The smallest absolute Gasteiger partial charge is 0.247 e. The Morgan fingerprint density at radius 2 is 2.21 bits per heavy atom. The number of rotatable bonds is 5. The molecule has 0 saturated heterocycles. The van der Waals surface area contributed by atoms with Gasteiger partial charge in [0.1, 0.15) is 5.60 Å². The highest BCUT2D eigenvalue weighted by molar-refractivity contribution is 4.94. The molecule has 14 heavy (non-hydrogen) atoms. The minimum Gasteiger partial charge on any atom is -0.421 e. The number of hydrogen-bond donors (Lipinski definition) is 1. The maximum atomic E-state index is 5.46. The van der Waals surface area contributed by atoms with Crippen molar-refractivity contribution in [2.45, 2.75) is 32.4 Å². The topological polar surface area (TPSA) is 60.2 Å². The molecule has 0 aliphatic rings. The quantitative estimate of drug-likeness (QED) is 0.768. The van der Waals surface area contributed by atoms with E-state index in [2.05, 4.69) is 15.5 Å². The Bertz CT molecular complexity index is 281. The highest BCUT2D eigenvalue weighted by atomic mass is 16.5. The molecular weight excluding hydrogens is 182 g/mol. The highest BCUT2D eigenvalue weighted by Gasteiger charge is 2.30. The molecule has 1 N–H and O–H groups in total. The van der Waals surface area contributed by atoms with E-state index in [1.54, 1.807) is 7.11 Å². The molecule has 1 rings (SSSR count). The normalized spacial score (nSPS) is 15.4. The van der Waals surface area contributed by atoms with Crippen molar-refractivity contribution in [2.24, 2.45) is 0 Å². The van der Waals surface area contributed by atoms with Crippen LogP contribution in [0.15, 0.2) is 4.42 Å². The zero-order chi connectivity index (χ0) is 10.6. The molecule has 0 amide bonds. The molecule has 0 fully saturated rings. The fourth-order valence-electron chi connectivity index (χ4n) is 1.07. The summed E-state index contributed by atoms with van der Waals surface area (Å²) in [5.74, 6) is 1.12. The van der Waals surface area contributed by atoms with E-state index in [9.17, 15) is 0 Å². The second kappa shape index (κ2) is 4.52. The fourth-order valence-corrected chi connectivity index (χ4v) is 1.07. The summed E-state index contributed by atoms with van der Waals surface area (Å²) < 4.78 is 10.8. The molecule has 0 bridgehead atoms. The lowest BCUT2D eigenvalue weighted by Crippen LogP contribution is -2.23. The molecule has 0 aliphatic heterocycles. The third kappa shape index (κ3) is 2.10. The van der Waals surface area contributed by atoms with Gasteiger partial charge in [-0.05, 0) is 20.4 Å². The number of methoxy groups -OCH3 is 1. The van der Waals surface area contributed by atoms with Gasteiger partial charge in [0.2, 0.25) is 11.8 Å². The monoisotopic (exact) mass is 199 g/mol. The van der Waals surface area contributed by atoms with Crippen LogP contribution in [0.25, 0.3) is 0 Å². The van der Waals surface area contributed by atoms with Crippen LogP contribution in [0.1, 0.15) is 32.0 Å². The van der Waals surface area contributed by atoms with Crippen LogP contribution < -0.4 is 5.32 Å². The minimum absolute atomic E-state index is 0.473. The first-order valence-corrected chi connectivity index (χ1v) is 4.69. The summed E-state index contributed by atoms with van der Waals surface area (Å²) >= 11 is 0. The van der Waals surface area contributed by atoms with Gasteiger partial charge in [-0.2, -0.15) is 0 Å². The van der Waals surface area contributed by atoms with Crippen molar-refractivity contribution >= 4 is 0 Å². The van der Waals surface area contributed by atoms with Crippen LogP contribution in [0.3, 0.4) is 0 Å². The summed E-state index contributed by atoms with van der Waals surface area (Å²) in [4.78, 5) is 0. The SMILES string of the molecule is CCC(C)(OC)c1nnc(CNC)o1. The van der Waals surface area contributed by atoms with Gasteiger partial charge in [-0.3, -0.25) is 0 Å². The first-order valence-electron chi connectivity index (χ1n) is 4.69. The molecule has 0 radical (unpaired) electrons. The van der Waals surface area contributed by atoms with Crippen molar-refractivity contribution in [1.82, 2.24) is 15.5 Å². The van der Waals surface area contributed by atoms with Crippen LogP contribution >= 0.6 is 0 Å². The molecule has 0 saturated carbocycles. The molecule has 80 valence electrons. The number of ether oxygens (including phenoxy) is 1. The lowest BCUT2D eigenvalue weighted by Gasteiger charge is -2.21. The summed E-state index contributed by atoms with van der Waals surface area (Å²) in [7, 11) is 3.48. The number of hydrogen-bond acceptors (Lipinski definition) is 5. The van der Waals surface area contributed by atoms with Crippen LogP contribution in [0.5, 0.6) is 0 Å². The van der Waals surface area contributed by atoms with Crippen LogP contribution in [0, 0.1) is 0 Å². The minimum atomic E-state index is -0.473. The summed E-state index contributed by atoms with van der Waals surface area (Å²) in [5.41, 5.74) is -0.473. The lowest BCUT2D eigenvalue weighted by atomic mass is 10.0. The summed E-state index contributed by atoms with van der Waals surface area (Å²) in [6, 6.07) is 0. The summed E-state index contributed by atoms with van der Waals surface area (Å²) in [6.07, 6.45) is 0.796. The van der Waals surface area contributed by atoms with Gasteiger partial charge in [-0.15, -0.1) is 10.2 Å². The molecule has 0 spiro atoms. The van der Waals surface area contributed by atoms with Crippen molar-refractivity contribution in [3.8, 4) is 0 Å². The summed E-state index contributed by atoms with van der Waals surface area (Å²) in [6.45, 7) is 4.53. The molecule has 0 aliphatic carbocycles. The van der Waals surface area contributed by atoms with Crippen LogP contribution in [0.2, 0.25) is 0 Å². The zero-order valence-corrected chi connectivity index (χ0v) is 9.13. The van der Waals surface area contributed by atoms with Gasteiger partial charge in [-0.25, -0.2) is 0 Å². The first-order chi connectivity index (χ1) is 6.66. The van der Waals surface area contributed by atoms with Gasteiger partial charge in [0.25, 0.3) is 0 Å². The Morgan fingerprint density at radius 3 is 2.71 bits per heavy atom. The summed E-state index contributed by atoms with van der Waals surface area (Å²) in [5, 5.41) is 10.8. The van der Waals surface area contributed by atoms with Crippen molar-refractivity contribution in [3.63, 3.8) is 0 Å². The molecule has 1 unspecified atom stereocenters. The van der Waals surface area contributed by atoms with Crippen molar-refractivity contribution < 1.29 is 9.15 Å². The number of aromatic nitrogens is 2. The average molecular weight is 199 g/mol. The molecule has 1 aromatic rings. The van der Waals surface area contributed by atoms with Crippen LogP contribution in [-0.4, -0.2) is 24.4 Å². The van der Waals surface area contributed by atoms with Gasteiger partial charge >= 0.3 is 0 Å². The Hall–Kier alpha value is -0.940. The van der Waals surface area contributed by atoms with E-state index < -0.39 is 5.60 Å². The van der Waals surface area contributed by atoms with E-state index in [0.717, 1.165) is 6.42 Å². The van der Waals surface area contributed by atoms with Crippen LogP contribution in [0.4, 0.5) is 0 Å². The molecule has 1 atom stereocenters. The second-order valence-electron chi connectivity index (χ2n) is 3.32. The number of nitrogens with one attached hydrogen (secondary N) is 1. The Balaban J connectivity index is 2.84. The van der Waals surface area contributed by atoms with E-state index in [0.29, 0.717) is 18.3 Å². The van der Waals surface area contributed by atoms with Gasteiger partial charge in [-0.1, -0.05) is 6.92 Å². The maximum absolute atomic E-state index is 5.46. The van der Waals surface area contributed by atoms with E-state index in [4.69, 9.17) is 9.15 Å².